The molecule has 4 nitrogen and oxygen atoms in total. The van der Waals surface area contributed by atoms with E-state index in [1.54, 1.807) is 18.2 Å². The molecular formula is C16H14F3NO3. The van der Waals surface area contributed by atoms with E-state index in [-0.39, 0.29) is 6.42 Å². The highest BCUT2D eigenvalue weighted by Gasteiger charge is 2.16. The Morgan fingerprint density at radius 2 is 1.78 bits per heavy atom. The molecular weight excluding hydrogens is 311 g/mol. The molecule has 23 heavy (non-hydrogen) atoms. The molecule has 0 atom stereocenters. The Morgan fingerprint density at radius 3 is 2.43 bits per heavy atom. The summed E-state index contributed by atoms with van der Waals surface area (Å²) in [7, 11) is 2.92. The van der Waals surface area contributed by atoms with Gasteiger partial charge in [0.2, 0.25) is 5.91 Å². The lowest BCUT2D eigenvalue weighted by atomic mass is 10.1. The van der Waals surface area contributed by atoms with Crippen LogP contribution in [0.15, 0.2) is 30.3 Å². The number of ether oxygens (including phenoxy) is 2. The quantitative estimate of drug-likeness (QED) is 0.858. The number of amides is 1. The third-order valence-corrected chi connectivity index (χ3v) is 3.15. The molecule has 1 amide bonds. The van der Waals surface area contributed by atoms with Crippen molar-refractivity contribution in [1.29, 1.82) is 0 Å². The predicted molar refractivity (Wildman–Crippen MR) is 78.2 cm³/mol. The van der Waals surface area contributed by atoms with Crippen molar-refractivity contribution in [2.75, 3.05) is 19.5 Å². The maximum atomic E-state index is 13.6. The summed E-state index contributed by atoms with van der Waals surface area (Å²) >= 11 is 0. The summed E-state index contributed by atoms with van der Waals surface area (Å²) in [5, 5.41) is 2.20. The monoisotopic (exact) mass is 325 g/mol. The predicted octanol–water partition coefficient (Wildman–Crippen LogP) is 3.30. The van der Waals surface area contributed by atoms with Crippen LogP contribution < -0.4 is 14.8 Å². The smallest absolute Gasteiger partial charge is 0.229 e. The van der Waals surface area contributed by atoms with Gasteiger partial charge in [-0.3, -0.25) is 4.79 Å². The first-order valence-corrected chi connectivity index (χ1v) is 6.60. The SMILES string of the molecule is COc1ccc(OC)c(CC(=O)Nc2ccc(F)c(F)c2F)c1. The first-order chi connectivity index (χ1) is 11.0. The molecule has 2 aromatic carbocycles. The Balaban J connectivity index is 2.18. The van der Waals surface area contributed by atoms with Crippen LogP contribution in [0.4, 0.5) is 18.9 Å². The second kappa shape index (κ2) is 7.04. The summed E-state index contributed by atoms with van der Waals surface area (Å²) < 4.78 is 49.8. The summed E-state index contributed by atoms with van der Waals surface area (Å²) in [4.78, 5) is 12.0. The highest BCUT2D eigenvalue weighted by atomic mass is 19.2. The maximum Gasteiger partial charge on any atom is 0.229 e. The molecule has 0 aromatic heterocycles. The van der Waals surface area contributed by atoms with Gasteiger partial charge in [0, 0.05) is 5.56 Å². The van der Waals surface area contributed by atoms with E-state index in [1.165, 1.54) is 14.2 Å². The lowest BCUT2D eigenvalue weighted by molar-refractivity contribution is -0.115. The number of halogens is 3. The fourth-order valence-electron chi connectivity index (χ4n) is 2.01. The molecule has 0 fully saturated rings. The van der Waals surface area contributed by atoms with E-state index >= 15 is 0 Å². The minimum Gasteiger partial charge on any atom is -0.497 e. The van der Waals surface area contributed by atoms with Gasteiger partial charge in [0.25, 0.3) is 0 Å². The van der Waals surface area contributed by atoms with Gasteiger partial charge in [-0.25, -0.2) is 13.2 Å². The van der Waals surface area contributed by atoms with Crippen molar-refractivity contribution in [3.63, 3.8) is 0 Å². The van der Waals surface area contributed by atoms with E-state index in [0.717, 1.165) is 12.1 Å². The van der Waals surface area contributed by atoms with Crippen LogP contribution in [-0.4, -0.2) is 20.1 Å². The van der Waals surface area contributed by atoms with Gasteiger partial charge in [0.15, 0.2) is 17.5 Å². The van der Waals surface area contributed by atoms with Crippen LogP contribution in [0.25, 0.3) is 0 Å². The van der Waals surface area contributed by atoms with Gasteiger partial charge in [0.1, 0.15) is 11.5 Å². The Morgan fingerprint density at radius 1 is 1.04 bits per heavy atom. The molecule has 0 aliphatic rings. The fraction of sp³-hybridized carbons (Fsp3) is 0.188. The van der Waals surface area contributed by atoms with Crippen LogP contribution in [0.1, 0.15) is 5.56 Å². The Kier molecular flexibility index (Phi) is 5.10. The van der Waals surface area contributed by atoms with Crippen molar-refractivity contribution in [1.82, 2.24) is 0 Å². The van der Waals surface area contributed by atoms with E-state index in [2.05, 4.69) is 5.32 Å². The van der Waals surface area contributed by atoms with E-state index < -0.39 is 29.0 Å². The van der Waals surface area contributed by atoms with Gasteiger partial charge in [-0.15, -0.1) is 0 Å². The van der Waals surface area contributed by atoms with Gasteiger partial charge in [0.05, 0.1) is 26.3 Å². The number of rotatable bonds is 5. The molecule has 2 aromatic rings. The van der Waals surface area contributed by atoms with E-state index in [0.29, 0.717) is 17.1 Å². The van der Waals surface area contributed by atoms with Gasteiger partial charge in [-0.05, 0) is 30.3 Å². The van der Waals surface area contributed by atoms with Crippen molar-refractivity contribution >= 4 is 11.6 Å². The molecule has 0 bridgehead atoms. The zero-order valence-corrected chi connectivity index (χ0v) is 12.5. The zero-order chi connectivity index (χ0) is 17.0. The fourth-order valence-corrected chi connectivity index (χ4v) is 2.01. The zero-order valence-electron chi connectivity index (χ0n) is 12.5. The standard InChI is InChI=1S/C16H14F3NO3/c1-22-10-3-6-13(23-2)9(7-10)8-14(21)20-12-5-4-11(17)15(18)16(12)19/h3-7H,8H2,1-2H3,(H,20,21). The minimum absolute atomic E-state index is 0.154. The summed E-state index contributed by atoms with van der Waals surface area (Å²) in [6, 6.07) is 6.57. The molecule has 0 radical (unpaired) electrons. The summed E-state index contributed by atoms with van der Waals surface area (Å²) in [5.41, 5.74) is 0.0723. The number of carbonyl (C=O) groups is 1. The molecule has 0 unspecified atom stereocenters. The second-order valence-corrected chi connectivity index (χ2v) is 4.63. The average molecular weight is 325 g/mol. The van der Waals surface area contributed by atoms with Gasteiger partial charge in [-0.2, -0.15) is 0 Å². The highest BCUT2D eigenvalue weighted by molar-refractivity contribution is 5.92. The van der Waals surface area contributed by atoms with Crippen molar-refractivity contribution in [3.05, 3.63) is 53.3 Å². The van der Waals surface area contributed by atoms with Crippen molar-refractivity contribution in [2.45, 2.75) is 6.42 Å². The largest absolute Gasteiger partial charge is 0.497 e. The molecule has 2 rings (SSSR count). The third kappa shape index (κ3) is 3.74. The number of methoxy groups -OCH3 is 2. The van der Waals surface area contributed by atoms with Crippen LogP contribution >= 0.6 is 0 Å². The van der Waals surface area contributed by atoms with Gasteiger partial charge < -0.3 is 14.8 Å². The number of benzene rings is 2. The third-order valence-electron chi connectivity index (χ3n) is 3.15. The topological polar surface area (TPSA) is 47.6 Å². The molecule has 0 saturated heterocycles. The summed E-state index contributed by atoms with van der Waals surface area (Å²) in [5.74, 6) is -4.05. The number of anilines is 1. The van der Waals surface area contributed by atoms with Crippen LogP contribution in [0.3, 0.4) is 0 Å². The molecule has 0 aliphatic carbocycles. The maximum absolute atomic E-state index is 13.6. The van der Waals surface area contributed by atoms with E-state index in [9.17, 15) is 18.0 Å². The second-order valence-electron chi connectivity index (χ2n) is 4.63. The molecule has 0 heterocycles. The van der Waals surface area contributed by atoms with Crippen molar-refractivity contribution in [3.8, 4) is 11.5 Å². The number of carbonyl (C=O) groups excluding carboxylic acids is 1. The van der Waals surface area contributed by atoms with Gasteiger partial charge >= 0.3 is 0 Å². The number of hydrogen-bond acceptors (Lipinski definition) is 3. The average Bonchev–Trinajstić information content (AvgIpc) is 2.55. The Hall–Kier alpha value is -2.70. The number of hydrogen-bond donors (Lipinski definition) is 1. The van der Waals surface area contributed by atoms with Crippen LogP contribution in [0.5, 0.6) is 11.5 Å². The number of nitrogens with one attached hydrogen (secondary N) is 1. The molecule has 122 valence electrons. The van der Waals surface area contributed by atoms with Crippen LogP contribution in [0, 0.1) is 17.5 Å². The minimum atomic E-state index is -1.64. The van der Waals surface area contributed by atoms with Gasteiger partial charge in [-0.1, -0.05) is 0 Å². The Bertz CT molecular complexity index is 735. The molecule has 0 saturated carbocycles. The lowest BCUT2D eigenvalue weighted by Gasteiger charge is -2.11. The summed E-state index contributed by atoms with van der Waals surface area (Å²) in [6.07, 6.45) is -0.154. The lowest BCUT2D eigenvalue weighted by Crippen LogP contribution is -2.16. The van der Waals surface area contributed by atoms with E-state index in [1.807, 2.05) is 0 Å². The normalized spacial score (nSPS) is 10.3. The van der Waals surface area contributed by atoms with Crippen LogP contribution in [-0.2, 0) is 11.2 Å². The first-order valence-electron chi connectivity index (χ1n) is 6.60. The summed E-state index contributed by atoms with van der Waals surface area (Å²) in [6.45, 7) is 0. The highest BCUT2D eigenvalue weighted by Crippen LogP contribution is 2.25. The molecule has 0 aliphatic heterocycles. The Labute approximate surface area is 130 Å². The van der Waals surface area contributed by atoms with Crippen molar-refractivity contribution in [2.24, 2.45) is 0 Å². The first kappa shape index (κ1) is 16.7. The van der Waals surface area contributed by atoms with E-state index in [4.69, 9.17) is 9.47 Å². The molecule has 1 N–H and O–H groups in total. The molecule has 7 heteroatoms. The van der Waals surface area contributed by atoms with Crippen molar-refractivity contribution < 1.29 is 27.4 Å². The molecule has 0 spiro atoms. The van der Waals surface area contributed by atoms with Crippen LogP contribution in [0.2, 0.25) is 0 Å².